The minimum absolute atomic E-state index is 0.0485. The fourth-order valence-corrected chi connectivity index (χ4v) is 3.09. The molecule has 2 aromatic carbocycles. The van der Waals surface area contributed by atoms with Crippen molar-refractivity contribution >= 4 is 17.1 Å². The van der Waals surface area contributed by atoms with E-state index in [1.54, 1.807) is 12.1 Å². The third-order valence-corrected chi connectivity index (χ3v) is 4.35. The first-order chi connectivity index (χ1) is 14.0. The maximum atomic E-state index is 12.2. The van der Waals surface area contributed by atoms with Gasteiger partial charge < -0.3 is 14.8 Å². The number of benzene rings is 2. The first-order valence-corrected chi connectivity index (χ1v) is 8.94. The highest BCUT2D eigenvalue weighted by Gasteiger charge is 2.14. The Kier molecular flexibility index (Phi) is 4.78. The molecular formula is C20H17N5O4. The number of carboxylic acids is 1. The highest BCUT2D eigenvalue weighted by molar-refractivity contribution is 5.77. The van der Waals surface area contributed by atoms with Crippen LogP contribution in [-0.2, 0) is 11.2 Å². The number of fused-ring (bicyclic) bond motifs is 1. The van der Waals surface area contributed by atoms with Crippen LogP contribution in [0.2, 0.25) is 0 Å². The molecule has 0 amide bonds. The zero-order valence-electron chi connectivity index (χ0n) is 15.5. The molecule has 0 aliphatic rings. The molecule has 9 heteroatoms. The van der Waals surface area contributed by atoms with Crippen molar-refractivity contribution in [1.29, 1.82) is 0 Å². The smallest absolute Gasteiger partial charge is 0.307 e. The lowest BCUT2D eigenvalue weighted by Crippen LogP contribution is -2.10. The molecule has 4 rings (SSSR count). The van der Waals surface area contributed by atoms with E-state index in [0.717, 1.165) is 11.1 Å². The first kappa shape index (κ1) is 18.4. The van der Waals surface area contributed by atoms with E-state index in [-0.39, 0.29) is 17.6 Å². The molecule has 0 aliphatic heterocycles. The van der Waals surface area contributed by atoms with E-state index in [0.29, 0.717) is 29.3 Å². The summed E-state index contributed by atoms with van der Waals surface area (Å²) in [4.78, 5) is 30.3. The number of hydrogen-bond acceptors (Lipinski definition) is 6. The summed E-state index contributed by atoms with van der Waals surface area (Å²) in [5.74, 6) is -0.0172. The first-order valence-electron chi connectivity index (χ1n) is 8.94. The topological polar surface area (TPSA) is 134 Å². The van der Waals surface area contributed by atoms with Crippen LogP contribution < -0.4 is 10.3 Å². The van der Waals surface area contributed by atoms with Crippen molar-refractivity contribution in [2.45, 2.75) is 13.3 Å². The number of aromatic nitrogens is 5. The number of aromatic amines is 2. The number of rotatable bonds is 6. The van der Waals surface area contributed by atoms with Crippen molar-refractivity contribution in [3.63, 3.8) is 0 Å². The summed E-state index contributed by atoms with van der Waals surface area (Å²) < 4.78 is 5.78. The molecule has 0 radical (unpaired) electrons. The SMILES string of the molecule is CCOc1cc(-c2cccc(CC(=O)O)c2)ccc1-c1nc2n[nH]nc2c(=O)[nH]1. The lowest BCUT2D eigenvalue weighted by Gasteiger charge is -2.12. The zero-order chi connectivity index (χ0) is 20.4. The molecular weight excluding hydrogens is 374 g/mol. The van der Waals surface area contributed by atoms with E-state index < -0.39 is 11.5 Å². The predicted molar refractivity (Wildman–Crippen MR) is 106 cm³/mol. The van der Waals surface area contributed by atoms with Gasteiger partial charge in [-0.05, 0) is 35.7 Å². The fraction of sp³-hybridized carbons (Fsp3) is 0.150. The molecule has 0 fully saturated rings. The van der Waals surface area contributed by atoms with Crippen LogP contribution in [0.25, 0.3) is 33.7 Å². The lowest BCUT2D eigenvalue weighted by molar-refractivity contribution is -0.136. The van der Waals surface area contributed by atoms with Crippen molar-refractivity contribution < 1.29 is 14.6 Å². The molecule has 0 spiro atoms. The van der Waals surface area contributed by atoms with Gasteiger partial charge in [-0.2, -0.15) is 5.21 Å². The Balaban J connectivity index is 1.79. The van der Waals surface area contributed by atoms with Crippen LogP contribution in [0.1, 0.15) is 12.5 Å². The van der Waals surface area contributed by atoms with Crippen LogP contribution >= 0.6 is 0 Å². The Morgan fingerprint density at radius 2 is 1.97 bits per heavy atom. The molecule has 0 unspecified atom stereocenters. The second-order valence-electron chi connectivity index (χ2n) is 6.33. The number of nitrogens with zero attached hydrogens (tertiary/aromatic N) is 3. The Morgan fingerprint density at radius 3 is 2.76 bits per heavy atom. The van der Waals surface area contributed by atoms with E-state index in [9.17, 15) is 9.59 Å². The van der Waals surface area contributed by atoms with Crippen molar-refractivity contribution in [3.8, 4) is 28.3 Å². The highest BCUT2D eigenvalue weighted by Crippen LogP contribution is 2.33. The molecule has 0 aliphatic carbocycles. The summed E-state index contributed by atoms with van der Waals surface area (Å²) in [6.07, 6.45) is -0.0485. The van der Waals surface area contributed by atoms with Gasteiger partial charge in [0, 0.05) is 0 Å². The molecule has 3 N–H and O–H groups in total. The van der Waals surface area contributed by atoms with Crippen molar-refractivity contribution in [2.24, 2.45) is 0 Å². The quantitative estimate of drug-likeness (QED) is 0.459. The van der Waals surface area contributed by atoms with Gasteiger partial charge in [-0.15, -0.1) is 10.2 Å². The van der Waals surface area contributed by atoms with Gasteiger partial charge in [0.15, 0.2) is 5.52 Å². The third-order valence-electron chi connectivity index (χ3n) is 4.35. The van der Waals surface area contributed by atoms with Crippen molar-refractivity contribution in [1.82, 2.24) is 25.4 Å². The monoisotopic (exact) mass is 391 g/mol. The van der Waals surface area contributed by atoms with Gasteiger partial charge >= 0.3 is 5.97 Å². The van der Waals surface area contributed by atoms with Gasteiger partial charge in [0.05, 0.1) is 18.6 Å². The minimum Gasteiger partial charge on any atom is -0.493 e. The second kappa shape index (κ2) is 7.55. The van der Waals surface area contributed by atoms with Gasteiger partial charge in [-0.1, -0.05) is 30.3 Å². The fourth-order valence-electron chi connectivity index (χ4n) is 3.09. The number of carbonyl (C=O) groups is 1. The number of hydrogen-bond donors (Lipinski definition) is 3. The second-order valence-corrected chi connectivity index (χ2v) is 6.33. The molecule has 0 atom stereocenters. The lowest BCUT2D eigenvalue weighted by atomic mass is 10.00. The largest absolute Gasteiger partial charge is 0.493 e. The van der Waals surface area contributed by atoms with Crippen LogP contribution in [0.4, 0.5) is 0 Å². The van der Waals surface area contributed by atoms with E-state index in [1.807, 2.05) is 37.3 Å². The molecule has 0 saturated carbocycles. The van der Waals surface area contributed by atoms with Crippen molar-refractivity contribution in [2.75, 3.05) is 6.61 Å². The van der Waals surface area contributed by atoms with E-state index in [4.69, 9.17) is 9.84 Å². The van der Waals surface area contributed by atoms with Gasteiger partial charge in [0.1, 0.15) is 11.6 Å². The molecule has 4 aromatic rings. The van der Waals surface area contributed by atoms with E-state index in [1.165, 1.54) is 0 Å². The summed E-state index contributed by atoms with van der Waals surface area (Å²) in [7, 11) is 0. The number of carboxylic acid groups (broad SMARTS) is 1. The van der Waals surface area contributed by atoms with Crippen LogP contribution in [0.3, 0.4) is 0 Å². The van der Waals surface area contributed by atoms with Gasteiger partial charge in [0.25, 0.3) is 5.56 Å². The number of aliphatic carboxylic acids is 1. The summed E-state index contributed by atoms with van der Waals surface area (Å²) in [6.45, 7) is 2.28. The Hall–Kier alpha value is -4.01. The summed E-state index contributed by atoms with van der Waals surface area (Å²) in [5, 5.41) is 19.1. The minimum atomic E-state index is -0.884. The van der Waals surface area contributed by atoms with Gasteiger partial charge in [0.2, 0.25) is 5.65 Å². The average molecular weight is 391 g/mol. The van der Waals surface area contributed by atoms with Crippen molar-refractivity contribution in [3.05, 3.63) is 58.4 Å². The summed E-state index contributed by atoms with van der Waals surface area (Å²) in [6, 6.07) is 12.8. The normalized spacial score (nSPS) is 10.9. The third kappa shape index (κ3) is 3.70. The Morgan fingerprint density at radius 1 is 1.14 bits per heavy atom. The van der Waals surface area contributed by atoms with Crippen LogP contribution in [0.15, 0.2) is 47.3 Å². The molecule has 2 aromatic heterocycles. The van der Waals surface area contributed by atoms with Gasteiger partial charge in [-0.3, -0.25) is 9.59 Å². The van der Waals surface area contributed by atoms with Crippen LogP contribution in [0, 0.1) is 0 Å². The molecule has 0 saturated heterocycles. The standard InChI is InChI=1S/C20H17N5O4/c1-2-29-15-10-13(12-5-3-4-11(8-12)9-16(26)27)6-7-14(15)18-21-19-17(20(28)22-18)23-25-24-19/h3-8,10H,2,9H2,1H3,(H,26,27)(H2,21,22,23,24,25,28). The number of nitrogens with one attached hydrogen (secondary N) is 2. The van der Waals surface area contributed by atoms with E-state index in [2.05, 4.69) is 25.4 Å². The maximum absolute atomic E-state index is 12.2. The highest BCUT2D eigenvalue weighted by atomic mass is 16.5. The molecule has 2 heterocycles. The maximum Gasteiger partial charge on any atom is 0.307 e. The molecule has 0 bridgehead atoms. The summed E-state index contributed by atoms with van der Waals surface area (Å²) in [5.41, 5.74) is 3.00. The Labute approximate surface area is 164 Å². The van der Waals surface area contributed by atoms with Crippen LogP contribution in [0.5, 0.6) is 5.75 Å². The molecule has 29 heavy (non-hydrogen) atoms. The zero-order valence-corrected chi connectivity index (χ0v) is 15.5. The summed E-state index contributed by atoms with van der Waals surface area (Å²) >= 11 is 0. The predicted octanol–water partition coefficient (Wildman–Crippen LogP) is 2.40. The van der Waals surface area contributed by atoms with Crippen LogP contribution in [-0.4, -0.2) is 43.1 Å². The average Bonchev–Trinajstić information content (AvgIpc) is 3.17. The number of H-pyrrole nitrogens is 2. The van der Waals surface area contributed by atoms with Gasteiger partial charge in [-0.25, -0.2) is 4.98 Å². The van der Waals surface area contributed by atoms with E-state index >= 15 is 0 Å². The Bertz CT molecular complexity index is 1260. The molecule has 9 nitrogen and oxygen atoms in total. The number of ether oxygens (including phenoxy) is 1. The molecule has 146 valence electrons.